The molecule has 7 N–H and O–H groups in total. The van der Waals surface area contributed by atoms with Gasteiger partial charge >= 0.3 is 6.03 Å². The second-order valence-corrected chi connectivity index (χ2v) is 10.2. The fraction of sp³-hybridized carbons (Fsp3) is 0.625. The van der Waals surface area contributed by atoms with Gasteiger partial charge in [-0.05, 0) is 37.9 Å². The molecule has 3 unspecified atom stereocenters. The van der Waals surface area contributed by atoms with Gasteiger partial charge in [0.2, 0.25) is 5.91 Å². The molecule has 2 saturated heterocycles. The van der Waals surface area contributed by atoms with E-state index in [0.717, 1.165) is 38.0 Å². The quantitative estimate of drug-likeness (QED) is 0.116. The van der Waals surface area contributed by atoms with Crippen molar-refractivity contribution in [2.24, 2.45) is 5.73 Å². The Balaban J connectivity index is 1.39. The summed E-state index contributed by atoms with van der Waals surface area (Å²) in [6.07, 6.45) is 4.38. The fourth-order valence-electron chi connectivity index (χ4n) is 4.41. The summed E-state index contributed by atoms with van der Waals surface area (Å²) in [7, 11) is 0. The summed E-state index contributed by atoms with van der Waals surface area (Å²) in [6.45, 7) is 4.04. The monoisotopic (exact) mass is 490 g/mol. The van der Waals surface area contributed by atoms with Crippen LogP contribution < -0.4 is 27.4 Å². The summed E-state index contributed by atoms with van der Waals surface area (Å²) in [5.74, 6) is 0.933. The van der Waals surface area contributed by atoms with Crippen molar-refractivity contribution in [2.45, 2.75) is 68.9 Å². The topological polar surface area (TPSA) is 143 Å². The van der Waals surface area contributed by atoms with E-state index in [1.54, 1.807) is 36.0 Å². The first-order chi connectivity index (χ1) is 16.4. The lowest BCUT2D eigenvalue weighted by Crippen LogP contribution is -2.49. The lowest BCUT2D eigenvalue weighted by atomic mass is 10.0. The predicted molar refractivity (Wildman–Crippen MR) is 137 cm³/mol. The van der Waals surface area contributed by atoms with Gasteiger partial charge in [0.15, 0.2) is 5.78 Å². The number of nitrogens with zero attached hydrogens (tertiary/aromatic N) is 1. The van der Waals surface area contributed by atoms with Crippen LogP contribution in [0, 0.1) is 0 Å². The minimum Gasteiger partial charge on any atom is -0.398 e. The number of hydrogen-bond donors (Lipinski definition) is 5. The fourth-order valence-corrected chi connectivity index (χ4v) is 5.98. The largest absolute Gasteiger partial charge is 0.398 e. The number of nitrogens with two attached hydrogens (primary N) is 2. The number of ketones is 1. The lowest BCUT2D eigenvalue weighted by Gasteiger charge is -2.32. The third-order valence-electron chi connectivity index (χ3n) is 6.29. The number of nitrogen functional groups attached to an aromatic ring is 1. The van der Waals surface area contributed by atoms with Crippen molar-refractivity contribution in [1.29, 1.82) is 0 Å². The van der Waals surface area contributed by atoms with Crippen LogP contribution in [0.3, 0.4) is 0 Å². The van der Waals surface area contributed by atoms with Gasteiger partial charge in [-0.3, -0.25) is 9.59 Å². The van der Waals surface area contributed by atoms with E-state index in [1.807, 2.05) is 4.90 Å². The molecule has 34 heavy (non-hydrogen) atoms. The zero-order valence-electron chi connectivity index (χ0n) is 19.9. The normalized spacial score (nSPS) is 22.1. The van der Waals surface area contributed by atoms with Gasteiger partial charge in [0.1, 0.15) is 5.37 Å². The van der Waals surface area contributed by atoms with Crippen molar-refractivity contribution >= 4 is 35.2 Å². The highest BCUT2D eigenvalue weighted by atomic mass is 32.2. The Labute approximate surface area is 206 Å². The van der Waals surface area contributed by atoms with Gasteiger partial charge in [-0.25, -0.2) is 4.79 Å². The molecule has 0 saturated carbocycles. The summed E-state index contributed by atoms with van der Waals surface area (Å²) < 4.78 is 0. The molecule has 0 bridgehead atoms. The number of benzene rings is 1. The molecular weight excluding hydrogens is 452 g/mol. The van der Waals surface area contributed by atoms with Gasteiger partial charge in [0, 0.05) is 49.0 Å². The number of anilines is 1. The van der Waals surface area contributed by atoms with Crippen molar-refractivity contribution in [2.75, 3.05) is 31.1 Å². The van der Waals surface area contributed by atoms with E-state index in [-0.39, 0.29) is 47.6 Å². The van der Waals surface area contributed by atoms with Crippen LogP contribution in [-0.2, 0) is 4.79 Å². The zero-order chi connectivity index (χ0) is 24.5. The molecule has 0 spiro atoms. The summed E-state index contributed by atoms with van der Waals surface area (Å²) in [6, 6.07) is 6.66. The number of hydrogen-bond acceptors (Lipinski definition) is 7. The molecule has 9 nitrogen and oxygen atoms in total. The Morgan fingerprint density at radius 3 is 2.79 bits per heavy atom. The first-order valence-corrected chi connectivity index (χ1v) is 13.3. The van der Waals surface area contributed by atoms with Crippen LogP contribution in [0.2, 0.25) is 0 Å². The zero-order valence-corrected chi connectivity index (χ0v) is 20.7. The van der Waals surface area contributed by atoms with Crippen LogP contribution in [-0.4, -0.2) is 71.5 Å². The Morgan fingerprint density at radius 2 is 2.03 bits per heavy atom. The minimum atomic E-state index is -0.287. The van der Waals surface area contributed by atoms with Crippen LogP contribution in [0.25, 0.3) is 0 Å². The Kier molecular flexibility index (Phi) is 10.0. The second kappa shape index (κ2) is 13.0. The number of nitrogens with one attached hydrogen (secondary N) is 3. The summed E-state index contributed by atoms with van der Waals surface area (Å²) in [5.41, 5.74) is 13.0. The SMILES string of the molecule is CCCCC(=O)N(CCCCNCC(N)CC(=O)c1ccccc1N)[C@H]1SCC2NC(=O)NC21. The first-order valence-electron chi connectivity index (χ1n) is 12.2. The Hall–Kier alpha value is -2.30. The van der Waals surface area contributed by atoms with Crippen LogP contribution in [0.4, 0.5) is 10.5 Å². The third-order valence-corrected chi connectivity index (χ3v) is 7.73. The smallest absolute Gasteiger partial charge is 0.315 e. The molecule has 3 rings (SSSR count). The molecule has 2 aliphatic heterocycles. The predicted octanol–water partition coefficient (Wildman–Crippen LogP) is 1.68. The van der Waals surface area contributed by atoms with Gasteiger partial charge in [0.05, 0.1) is 12.1 Å². The molecule has 0 radical (unpaired) electrons. The highest BCUT2D eigenvalue weighted by Crippen LogP contribution is 2.33. The van der Waals surface area contributed by atoms with Crippen molar-refractivity contribution < 1.29 is 14.4 Å². The Morgan fingerprint density at radius 1 is 1.24 bits per heavy atom. The average Bonchev–Trinajstić information content (AvgIpc) is 3.36. The van der Waals surface area contributed by atoms with Crippen LogP contribution in [0.15, 0.2) is 24.3 Å². The summed E-state index contributed by atoms with van der Waals surface area (Å²) >= 11 is 1.74. The van der Waals surface area contributed by atoms with Gasteiger partial charge in [-0.15, -0.1) is 11.8 Å². The van der Waals surface area contributed by atoms with E-state index in [4.69, 9.17) is 11.5 Å². The van der Waals surface area contributed by atoms with Gasteiger partial charge in [0.25, 0.3) is 0 Å². The summed E-state index contributed by atoms with van der Waals surface area (Å²) in [5, 5.41) is 9.23. The Bertz CT molecular complexity index is 854. The number of carbonyl (C=O) groups is 3. The van der Waals surface area contributed by atoms with E-state index in [1.165, 1.54) is 0 Å². The summed E-state index contributed by atoms with van der Waals surface area (Å²) in [4.78, 5) is 39.0. The van der Waals surface area contributed by atoms with Gasteiger partial charge in [-0.1, -0.05) is 25.5 Å². The molecule has 188 valence electrons. The van der Waals surface area contributed by atoms with Crippen LogP contribution in [0.1, 0.15) is 55.8 Å². The number of fused-ring (bicyclic) bond motifs is 1. The number of Topliss-reactive ketones (excluding diaryl/α,β-unsaturated/α-hetero) is 1. The number of amides is 3. The molecule has 2 aliphatic rings. The second-order valence-electron chi connectivity index (χ2n) is 9.05. The molecule has 3 amide bonds. The van der Waals surface area contributed by atoms with Gasteiger partial charge in [-0.2, -0.15) is 0 Å². The number of carbonyl (C=O) groups excluding carboxylic acids is 3. The van der Waals surface area contributed by atoms with Crippen LogP contribution >= 0.6 is 11.8 Å². The molecule has 0 aliphatic carbocycles. The molecule has 4 atom stereocenters. The highest BCUT2D eigenvalue weighted by Gasteiger charge is 2.46. The molecule has 2 heterocycles. The number of para-hydroxylation sites is 1. The first kappa shape index (κ1) is 26.3. The van der Waals surface area contributed by atoms with E-state index < -0.39 is 0 Å². The standard InChI is InChI=1S/C24H38N6O3S/c1-2-3-10-21(32)30(23-22-19(15-34-23)28-24(33)29-22)12-7-6-11-27-14-16(25)13-20(31)17-8-4-5-9-18(17)26/h4-5,8-9,16,19,22-23,27H,2-3,6-7,10-15,25-26H2,1H3,(H2,28,29,33)/t16?,19?,22?,23-/m0/s1. The number of unbranched alkanes of at least 4 members (excludes halogenated alkanes) is 2. The van der Waals surface area contributed by atoms with E-state index in [0.29, 0.717) is 30.8 Å². The molecule has 10 heteroatoms. The molecule has 0 aromatic heterocycles. The van der Waals surface area contributed by atoms with E-state index >= 15 is 0 Å². The maximum atomic E-state index is 12.9. The van der Waals surface area contributed by atoms with Crippen LogP contribution in [0.5, 0.6) is 0 Å². The van der Waals surface area contributed by atoms with E-state index in [9.17, 15) is 14.4 Å². The molecular formula is C24H38N6O3S. The van der Waals surface area contributed by atoms with E-state index in [2.05, 4.69) is 22.9 Å². The maximum Gasteiger partial charge on any atom is 0.315 e. The van der Waals surface area contributed by atoms with Crippen molar-refractivity contribution in [1.82, 2.24) is 20.9 Å². The van der Waals surface area contributed by atoms with Crippen molar-refractivity contribution in [3.05, 3.63) is 29.8 Å². The third kappa shape index (κ3) is 7.10. The van der Waals surface area contributed by atoms with Crippen molar-refractivity contribution in [3.8, 4) is 0 Å². The number of thioether (sulfide) groups is 1. The van der Waals surface area contributed by atoms with Crippen molar-refractivity contribution in [3.63, 3.8) is 0 Å². The average molecular weight is 491 g/mol. The lowest BCUT2D eigenvalue weighted by molar-refractivity contribution is -0.132. The highest BCUT2D eigenvalue weighted by molar-refractivity contribution is 8.00. The van der Waals surface area contributed by atoms with Gasteiger partial charge < -0.3 is 32.3 Å². The minimum absolute atomic E-state index is 0.0221. The molecule has 1 aromatic rings. The molecule has 2 fully saturated rings. The number of urea groups is 1. The molecule has 1 aromatic carbocycles. The maximum absolute atomic E-state index is 12.9. The number of rotatable bonds is 14.